The molecule has 2 aliphatic rings. The largest absolute Gasteiger partial charge is 0.493 e. The van der Waals surface area contributed by atoms with Gasteiger partial charge in [-0.25, -0.2) is 4.79 Å². The van der Waals surface area contributed by atoms with E-state index >= 15 is 0 Å². The number of cyclic esters (lactones) is 1. The van der Waals surface area contributed by atoms with Crippen molar-refractivity contribution in [1.29, 1.82) is 0 Å². The lowest BCUT2D eigenvalue weighted by Crippen LogP contribution is -2.87. The van der Waals surface area contributed by atoms with Gasteiger partial charge < -0.3 is 19.5 Å². The second-order valence-electron chi connectivity index (χ2n) is 4.62. The second-order valence-corrected chi connectivity index (χ2v) is 4.62. The van der Waals surface area contributed by atoms with Crippen molar-refractivity contribution in [3.63, 3.8) is 0 Å². The van der Waals surface area contributed by atoms with Gasteiger partial charge >= 0.3 is 5.97 Å². The van der Waals surface area contributed by atoms with Gasteiger partial charge in [-0.3, -0.25) is 0 Å². The molecule has 1 fully saturated rings. The van der Waals surface area contributed by atoms with Gasteiger partial charge in [0.2, 0.25) is 0 Å². The third-order valence-corrected chi connectivity index (χ3v) is 3.39. The second kappa shape index (κ2) is 4.17. The van der Waals surface area contributed by atoms with E-state index in [2.05, 4.69) is 5.32 Å². The molecule has 1 aromatic rings. The Labute approximate surface area is 105 Å². The number of esters is 1. The molecular formula is C13H16NO4+. The van der Waals surface area contributed by atoms with Crippen LogP contribution in [0.2, 0.25) is 0 Å². The van der Waals surface area contributed by atoms with E-state index in [1.165, 1.54) is 20.0 Å². The third kappa shape index (κ3) is 1.71. The molecular weight excluding hydrogens is 234 g/mol. The van der Waals surface area contributed by atoms with Crippen molar-refractivity contribution < 1.29 is 24.3 Å². The van der Waals surface area contributed by atoms with Crippen LogP contribution in [0.5, 0.6) is 11.5 Å². The first-order chi connectivity index (χ1) is 8.74. The Morgan fingerprint density at radius 2 is 2.06 bits per heavy atom. The Balaban J connectivity index is 2.01. The number of methoxy groups -OCH3 is 2. The van der Waals surface area contributed by atoms with Crippen LogP contribution in [0.15, 0.2) is 12.1 Å². The maximum atomic E-state index is 11.9. The summed E-state index contributed by atoms with van der Waals surface area (Å²) in [5.41, 5.74) is 1.38. The Hall–Kier alpha value is -1.75. The lowest BCUT2D eigenvalue weighted by Gasteiger charge is -2.11. The fourth-order valence-corrected chi connectivity index (χ4v) is 2.31. The molecule has 18 heavy (non-hydrogen) atoms. The van der Waals surface area contributed by atoms with Gasteiger partial charge in [-0.2, -0.15) is 0 Å². The minimum atomic E-state index is -0.331. The van der Waals surface area contributed by atoms with Crippen molar-refractivity contribution in [2.24, 2.45) is 0 Å². The van der Waals surface area contributed by atoms with E-state index in [-0.39, 0.29) is 12.2 Å². The van der Waals surface area contributed by atoms with Crippen molar-refractivity contribution in [3.8, 4) is 11.5 Å². The first kappa shape index (κ1) is 11.3. The molecule has 0 bridgehead atoms. The molecule has 1 heterocycles. The Bertz CT molecular complexity index is 496. The molecule has 0 amide bonds. The fraction of sp³-hybridized carbons (Fsp3) is 0.462. The van der Waals surface area contributed by atoms with Gasteiger partial charge in [-0.1, -0.05) is 0 Å². The Morgan fingerprint density at radius 3 is 2.67 bits per heavy atom. The summed E-state index contributed by atoms with van der Waals surface area (Å²) in [7, 11) is 3.09. The average molecular weight is 250 g/mol. The monoisotopic (exact) mass is 250 g/mol. The first-order valence-corrected chi connectivity index (χ1v) is 6.05. The summed E-state index contributed by atoms with van der Waals surface area (Å²) < 4.78 is 15.9. The number of benzene rings is 1. The van der Waals surface area contributed by atoms with Crippen LogP contribution < -0.4 is 14.8 Å². The predicted molar refractivity (Wildman–Crippen MR) is 62.6 cm³/mol. The van der Waals surface area contributed by atoms with Crippen molar-refractivity contribution in [2.45, 2.75) is 25.1 Å². The van der Waals surface area contributed by atoms with Crippen molar-refractivity contribution in [3.05, 3.63) is 23.3 Å². The number of ether oxygens (including phenoxy) is 3. The van der Waals surface area contributed by atoms with Crippen LogP contribution >= 0.6 is 0 Å². The van der Waals surface area contributed by atoms with E-state index < -0.39 is 0 Å². The molecule has 1 aliphatic heterocycles. The van der Waals surface area contributed by atoms with Gasteiger partial charge in [0, 0.05) is 12.8 Å². The zero-order valence-corrected chi connectivity index (χ0v) is 10.4. The summed E-state index contributed by atoms with van der Waals surface area (Å²) in [5, 5.41) is 2.11. The number of nitrogens with two attached hydrogens (primary N) is 1. The number of carbonyl (C=O) groups is 1. The Morgan fingerprint density at radius 1 is 1.28 bits per heavy atom. The quantitative estimate of drug-likeness (QED) is 0.795. The minimum absolute atomic E-state index is 0.236. The summed E-state index contributed by atoms with van der Waals surface area (Å²) in [6, 6.07) is 4.28. The number of hydrogen-bond acceptors (Lipinski definition) is 4. The van der Waals surface area contributed by atoms with Crippen LogP contribution in [-0.4, -0.2) is 26.2 Å². The third-order valence-electron chi connectivity index (χ3n) is 3.39. The highest BCUT2D eigenvalue weighted by atomic mass is 16.6. The van der Waals surface area contributed by atoms with Crippen molar-refractivity contribution in [1.82, 2.24) is 0 Å². The van der Waals surface area contributed by atoms with Gasteiger partial charge in [-0.15, -0.1) is 0 Å². The van der Waals surface area contributed by atoms with Crippen LogP contribution in [-0.2, 0) is 4.74 Å². The van der Waals surface area contributed by atoms with Gasteiger partial charge in [0.1, 0.15) is 5.56 Å². The number of quaternary nitrogens is 1. The number of fused-ring (bicyclic) bond motifs is 1. The lowest BCUT2D eigenvalue weighted by molar-refractivity contribution is -0.739. The SMILES string of the molecule is COc1ccc2c(c1OC)C(=O)O[C@@H]2[NH2+]C1CC1. The van der Waals surface area contributed by atoms with Crippen LogP contribution in [0.4, 0.5) is 0 Å². The lowest BCUT2D eigenvalue weighted by atomic mass is 10.1. The molecule has 1 aromatic carbocycles. The molecule has 96 valence electrons. The topological polar surface area (TPSA) is 61.4 Å². The van der Waals surface area contributed by atoms with Gasteiger partial charge in [0.15, 0.2) is 11.5 Å². The molecule has 1 atom stereocenters. The highest BCUT2D eigenvalue weighted by Gasteiger charge is 2.41. The van der Waals surface area contributed by atoms with E-state index in [0.717, 1.165) is 5.56 Å². The van der Waals surface area contributed by atoms with Gasteiger partial charge in [0.25, 0.3) is 6.23 Å². The molecule has 0 spiro atoms. The molecule has 0 aromatic heterocycles. The van der Waals surface area contributed by atoms with Crippen molar-refractivity contribution >= 4 is 5.97 Å². The summed E-state index contributed by atoms with van der Waals surface area (Å²) in [4.78, 5) is 11.9. The predicted octanol–water partition coefficient (Wildman–Crippen LogP) is 0.599. The standard InChI is InChI=1S/C13H15NO4/c1-16-9-6-5-8-10(11(9)17-2)13(15)18-12(8)14-7-3-4-7/h5-7,12,14H,3-4H2,1-2H3/p+1/t12-/m0/s1. The van der Waals surface area contributed by atoms with Crippen LogP contribution in [0.1, 0.15) is 35.0 Å². The van der Waals surface area contributed by atoms with Gasteiger partial charge in [0.05, 0.1) is 25.8 Å². The highest BCUT2D eigenvalue weighted by molar-refractivity contribution is 5.97. The molecule has 5 nitrogen and oxygen atoms in total. The summed E-state index contributed by atoms with van der Waals surface area (Å²) in [6.45, 7) is 0. The van der Waals surface area contributed by atoms with E-state index in [4.69, 9.17) is 14.2 Å². The molecule has 0 unspecified atom stereocenters. The molecule has 5 heteroatoms. The van der Waals surface area contributed by atoms with Crippen molar-refractivity contribution in [2.75, 3.05) is 14.2 Å². The summed E-state index contributed by atoms with van der Waals surface area (Å²) in [6.07, 6.45) is 2.15. The van der Waals surface area contributed by atoms with E-state index in [9.17, 15) is 4.79 Å². The number of rotatable bonds is 4. The summed E-state index contributed by atoms with van der Waals surface area (Å²) >= 11 is 0. The summed E-state index contributed by atoms with van der Waals surface area (Å²) in [5.74, 6) is 0.689. The smallest absolute Gasteiger partial charge is 0.347 e. The zero-order valence-electron chi connectivity index (χ0n) is 10.4. The normalized spacial score (nSPS) is 21.4. The number of carbonyl (C=O) groups excluding carboxylic acids is 1. The van der Waals surface area contributed by atoms with Gasteiger partial charge in [-0.05, 0) is 12.1 Å². The van der Waals surface area contributed by atoms with Crippen LogP contribution in [0.3, 0.4) is 0 Å². The van der Waals surface area contributed by atoms with Crippen LogP contribution in [0, 0.1) is 0 Å². The molecule has 1 saturated carbocycles. The number of hydrogen-bond donors (Lipinski definition) is 1. The minimum Gasteiger partial charge on any atom is -0.493 e. The molecule has 1 aliphatic carbocycles. The Kier molecular flexibility index (Phi) is 2.63. The molecule has 0 radical (unpaired) electrons. The molecule has 0 saturated heterocycles. The maximum Gasteiger partial charge on any atom is 0.347 e. The van der Waals surface area contributed by atoms with Crippen LogP contribution in [0.25, 0.3) is 0 Å². The van der Waals surface area contributed by atoms with E-state index in [0.29, 0.717) is 23.1 Å². The van der Waals surface area contributed by atoms with E-state index in [1.807, 2.05) is 12.1 Å². The highest BCUT2D eigenvalue weighted by Crippen LogP contribution is 2.40. The molecule has 2 N–H and O–H groups in total. The average Bonchev–Trinajstić information content (AvgIpc) is 3.14. The fourth-order valence-electron chi connectivity index (χ4n) is 2.31. The zero-order chi connectivity index (χ0) is 12.7. The first-order valence-electron chi connectivity index (χ1n) is 6.05. The van der Waals surface area contributed by atoms with E-state index in [1.54, 1.807) is 7.11 Å². The molecule has 3 rings (SSSR count). The maximum absolute atomic E-state index is 11.9.